The van der Waals surface area contributed by atoms with Crippen molar-refractivity contribution in [3.63, 3.8) is 0 Å². The lowest BCUT2D eigenvalue weighted by Gasteiger charge is -1.93. The summed E-state index contributed by atoms with van der Waals surface area (Å²) in [5, 5.41) is 15.7. The number of nitro benzene ring substituents is 1. The Balaban J connectivity index is 2.85. The highest BCUT2D eigenvalue weighted by molar-refractivity contribution is 6.31. The molecular formula is C8H6ClN3O2. The second kappa shape index (κ2) is 2.95. The van der Waals surface area contributed by atoms with Crippen LogP contribution in [-0.4, -0.2) is 14.7 Å². The largest absolute Gasteiger partial charge is 0.298 e. The van der Waals surface area contributed by atoms with E-state index in [0.717, 1.165) is 0 Å². The Morgan fingerprint density at radius 1 is 1.57 bits per heavy atom. The van der Waals surface area contributed by atoms with Gasteiger partial charge in [0.1, 0.15) is 0 Å². The van der Waals surface area contributed by atoms with Crippen LogP contribution in [0.3, 0.4) is 0 Å². The van der Waals surface area contributed by atoms with Crippen molar-refractivity contribution >= 4 is 28.2 Å². The molecule has 0 aliphatic rings. The minimum atomic E-state index is -0.485. The summed E-state index contributed by atoms with van der Waals surface area (Å²) >= 11 is 5.74. The van der Waals surface area contributed by atoms with Gasteiger partial charge in [0.05, 0.1) is 4.92 Å². The zero-order valence-electron chi connectivity index (χ0n) is 7.27. The van der Waals surface area contributed by atoms with Gasteiger partial charge >= 0.3 is 0 Å². The molecule has 0 unspecified atom stereocenters. The molecular weight excluding hydrogens is 206 g/mol. The number of halogens is 1. The quantitative estimate of drug-likeness (QED) is 0.536. The van der Waals surface area contributed by atoms with Gasteiger partial charge in [-0.25, -0.2) is 0 Å². The van der Waals surface area contributed by atoms with Gasteiger partial charge < -0.3 is 0 Å². The molecule has 0 amide bonds. The number of rotatable bonds is 1. The first-order chi connectivity index (χ1) is 6.58. The molecule has 0 bridgehead atoms. The first-order valence-electron chi connectivity index (χ1n) is 3.85. The van der Waals surface area contributed by atoms with Crippen molar-refractivity contribution < 1.29 is 4.92 Å². The van der Waals surface area contributed by atoms with Gasteiger partial charge in [0.25, 0.3) is 5.69 Å². The second-order valence-corrected chi connectivity index (χ2v) is 3.36. The van der Waals surface area contributed by atoms with Crippen LogP contribution in [0, 0.1) is 10.1 Å². The highest BCUT2D eigenvalue weighted by atomic mass is 35.5. The molecule has 14 heavy (non-hydrogen) atoms. The second-order valence-electron chi connectivity index (χ2n) is 2.92. The Morgan fingerprint density at radius 2 is 2.29 bits per heavy atom. The minimum absolute atomic E-state index is 0.0619. The summed E-state index contributed by atoms with van der Waals surface area (Å²) in [7, 11) is 1.71. The fourth-order valence-corrected chi connectivity index (χ4v) is 1.56. The molecule has 0 atom stereocenters. The molecule has 0 aliphatic heterocycles. The molecule has 0 radical (unpaired) electrons. The van der Waals surface area contributed by atoms with Gasteiger partial charge in [0, 0.05) is 29.7 Å². The van der Waals surface area contributed by atoms with Gasteiger partial charge in [-0.1, -0.05) is 11.6 Å². The van der Waals surface area contributed by atoms with Crippen LogP contribution >= 0.6 is 11.6 Å². The van der Waals surface area contributed by atoms with Crippen molar-refractivity contribution in [2.75, 3.05) is 0 Å². The minimum Gasteiger partial charge on any atom is -0.274 e. The molecule has 1 heterocycles. The topological polar surface area (TPSA) is 61.0 Å². The van der Waals surface area contributed by atoms with E-state index in [4.69, 9.17) is 11.6 Å². The number of hydrogen-bond acceptors (Lipinski definition) is 3. The van der Waals surface area contributed by atoms with E-state index in [1.165, 1.54) is 10.7 Å². The Hall–Kier alpha value is -1.62. The summed E-state index contributed by atoms with van der Waals surface area (Å²) in [5.74, 6) is 0. The molecule has 0 saturated carbocycles. The zero-order valence-corrected chi connectivity index (χ0v) is 8.02. The summed E-state index contributed by atoms with van der Waals surface area (Å²) in [5.41, 5.74) is 0.301. The first-order valence-corrected chi connectivity index (χ1v) is 4.23. The van der Waals surface area contributed by atoms with Crippen LogP contribution in [0.4, 0.5) is 5.69 Å². The van der Waals surface area contributed by atoms with Gasteiger partial charge in [-0.3, -0.25) is 14.8 Å². The lowest BCUT2D eigenvalue weighted by molar-refractivity contribution is -0.383. The maximum absolute atomic E-state index is 10.7. The van der Waals surface area contributed by atoms with Crippen LogP contribution in [0.5, 0.6) is 0 Å². The Labute approximate surface area is 84.0 Å². The number of aromatic nitrogens is 2. The number of fused-ring (bicyclic) bond motifs is 1. The normalized spacial score (nSPS) is 10.7. The summed E-state index contributed by atoms with van der Waals surface area (Å²) in [6.07, 6.45) is 1.69. The summed E-state index contributed by atoms with van der Waals surface area (Å²) in [6, 6.07) is 2.95. The monoisotopic (exact) mass is 211 g/mol. The van der Waals surface area contributed by atoms with Crippen LogP contribution in [0.15, 0.2) is 18.3 Å². The molecule has 0 spiro atoms. The Bertz CT molecular complexity index is 521. The number of aryl methyl sites for hydroxylation is 1. The third-order valence-corrected chi connectivity index (χ3v) is 2.08. The Morgan fingerprint density at radius 3 is 2.93 bits per heavy atom. The maximum atomic E-state index is 10.7. The standard InChI is InChI=1S/C8H6ClN3O2/c1-11-4-5-2-6(9)3-7(12(13)14)8(5)10-11/h2-4H,1H3. The molecule has 0 fully saturated rings. The molecule has 6 heteroatoms. The molecule has 0 N–H and O–H groups in total. The fourth-order valence-electron chi connectivity index (χ4n) is 1.34. The number of hydrogen-bond donors (Lipinski definition) is 0. The van der Waals surface area contributed by atoms with E-state index in [1.54, 1.807) is 19.3 Å². The lowest BCUT2D eigenvalue weighted by atomic mass is 10.2. The Kier molecular flexibility index (Phi) is 1.89. The van der Waals surface area contributed by atoms with E-state index in [-0.39, 0.29) is 5.69 Å². The van der Waals surface area contributed by atoms with Gasteiger partial charge in [-0.05, 0) is 6.07 Å². The average Bonchev–Trinajstić information content (AvgIpc) is 2.42. The molecule has 2 rings (SSSR count). The summed E-state index contributed by atoms with van der Waals surface area (Å²) < 4.78 is 1.52. The van der Waals surface area contributed by atoms with Crippen molar-refractivity contribution in [1.82, 2.24) is 9.78 Å². The van der Waals surface area contributed by atoms with Crippen molar-refractivity contribution in [3.05, 3.63) is 33.5 Å². The number of nitro groups is 1. The van der Waals surface area contributed by atoms with Crippen LogP contribution < -0.4 is 0 Å². The summed E-state index contributed by atoms with van der Waals surface area (Å²) in [4.78, 5) is 10.2. The number of nitrogens with zero attached hydrogens (tertiary/aromatic N) is 3. The number of non-ortho nitro benzene ring substituents is 1. The van der Waals surface area contributed by atoms with E-state index in [9.17, 15) is 10.1 Å². The lowest BCUT2D eigenvalue weighted by Crippen LogP contribution is -1.91. The fraction of sp³-hybridized carbons (Fsp3) is 0.125. The van der Waals surface area contributed by atoms with E-state index >= 15 is 0 Å². The van der Waals surface area contributed by atoms with Crippen molar-refractivity contribution in [2.24, 2.45) is 7.05 Å². The predicted molar refractivity (Wildman–Crippen MR) is 52.4 cm³/mol. The van der Waals surface area contributed by atoms with E-state index < -0.39 is 4.92 Å². The molecule has 5 nitrogen and oxygen atoms in total. The molecule has 2 aromatic rings. The third-order valence-electron chi connectivity index (χ3n) is 1.86. The van der Waals surface area contributed by atoms with Crippen molar-refractivity contribution in [2.45, 2.75) is 0 Å². The molecule has 0 aliphatic carbocycles. The van der Waals surface area contributed by atoms with Crippen LogP contribution in [0.2, 0.25) is 5.02 Å². The van der Waals surface area contributed by atoms with Gasteiger partial charge in [0.2, 0.25) is 0 Å². The maximum Gasteiger partial charge on any atom is 0.298 e. The highest BCUT2D eigenvalue weighted by Crippen LogP contribution is 2.28. The third kappa shape index (κ3) is 1.31. The van der Waals surface area contributed by atoms with Crippen LogP contribution in [-0.2, 0) is 7.05 Å². The molecule has 1 aromatic heterocycles. The van der Waals surface area contributed by atoms with Gasteiger partial charge in [-0.15, -0.1) is 0 Å². The predicted octanol–water partition coefficient (Wildman–Crippen LogP) is 2.13. The van der Waals surface area contributed by atoms with E-state index in [0.29, 0.717) is 15.9 Å². The molecule has 72 valence electrons. The molecule has 0 saturated heterocycles. The SMILES string of the molecule is Cn1cc2cc(Cl)cc([N+](=O)[O-])c2n1. The molecule has 1 aromatic carbocycles. The van der Waals surface area contributed by atoms with Gasteiger partial charge in [0.15, 0.2) is 5.52 Å². The summed E-state index contributed by atoms with van der Waals surface area (Å²) in [6.45, 7) is 0. The van der Waals surface area contributed by atoms with Crippen molar-refractivity contribution in [3.8, 4) is 0 Å². The average molecular weight is 212 g/mol. The first kappa shape index (κ1) is 8.96. The van der Waals surface area contributed by atoms with Crippen molar-refractivity contribution in [1.29, 1.82) is 0 Å². The number of benzene rings is 1. The van der Waals surface area contributed by atoms with Crippen LogP contribution in [0.25, 0.3) is 10.9 Å². The smallest absolute Gasteiger partial charge is 0.274 e. The van der Waals surface area contributed by atoms with Gasteiger partial charge in [-0.2, -0.15) is 5.10 Å². The highest BCUT2D eigenvalue weighted by Gasteiger charge is 2.15. The van der Waals surface area contributed by atoms with Crippen LogP contribution in [0.1, 0.15) is 0 Å². The zero-order chi connectivity index (χ0) is 10.3. The van der Waals surface area contributed by atoms with E-state index in [1.807, 2.05) is 0 Å². The van der Waals surface area contributed by atoms with E-state index in [2.05, 4.69) is 5.10 Å².